The smallest absolute Gasteiger partial charge is 0.244 e. The third-order valence-electron chi connectivity index (χ3n) is 3.10. The van der Waals surface area contributed by atoms with E-state index in [-0.39, 0.29) is 27.4 Å². The van der Waals surface area contributed by atoms with E-state index in [0.29, 0.717) is 13.2 Å². The van der Waals surface area contributed by atoms with Crippen molar-refractivity contribution < 1.29 is 18.3 Å². The summed E-state index contributed by atoms with van der Waals surface area (Å²) in [4.78, 5) is -0.313. The van der Waals surface area contributed by atoms with Crippen molar-refractivity contribution in [1.82, 2.24) is 4.72 Å². The standard InChI is InChI=1S/C12H15Cl2NO4S/c13-9-4-10(14)12(16)11(5-9)20(17,18)15-6-8-2-1-3-19-7-8/h4-5,8,15-16H,1-3,6-7H2. The van der Waals surface area contributed by atoms with Crippen molar-refractivity contribution in [1.29, 1.82) is 0 Å². The molecule has 0 aromatic heterocycles. The molecule has 1 fully saturated rings. The number of ether oxygens (including phenoxy) is 1. The Morgan fingerprint density at radius 3 is 2.80 bits per heavy atom. The van der Waals surface area contributed by atoms with Gasteiger partial charge in [0.25, 0.3) is 0 Å². The molecule has 2 rings (SSSR count). The number of phenols is 1. The van der Waals surface area contributed by atoms with Gasteiger partial charge in [-0.1, -0.05) is 23.2 Å². The summed E-state index contributed by atoms with van der Waals surface area (Å²) in [5.74, 6) is -0.362. The Morgan fingerprint density at radius 1 is 1.40 bits per heavy atom. The second-order valence-electron chi connectivity index (χ2n) is 4.67. The molecule has 1 atom stereocenters. The number of benzene rings is 1. The lowest BCUT2D eigenvalue weighted by Gasteiger charge is -2.22. The summed E-state index contributed by atoms with van der Waals surface area (Å²) < 4.78 is 32.1. The number of phenolic OH excluding ortho intramolecular Hbond substituents is 1. The van der Waals surface area contributed by atoms with Gasteiger partial charge in [0.1, 0.15) is 4.90 Å². The summed E-state index contributed by atoms with van der Waals surface area (Å²) in [6.45, 7) is 1.50. The molecule has 0 aliphatic carbocycles. The lowest BCUT2D eigenvalue weighted by Crippen LogP contribution is -2.33. The Labute approximate surface area is 127 Å². The average Bonchev–Trinajstić information content (AvgIpc) is 2.42. The third-order valence-corrected chi connectivity index (χ3v) is 5.04. The maximum Gasteiger partial charge on any atom is 0.244 e. The minimum Gasteiger partial charge on any atom is -0.505 e. The van der Waals surface area contributed by atoms with Crippen LogP contribution in [0.1, 0.15) is 12.8 Å². The Hall–Kier alpha value is -0.530. The highest BCUT2D eigenvalue weighted by Gasteiger charge is 2.23. The van der Waals surface area contributed by atoms with Crippen LogP contribution in [0.25, 0.3) is 0 Å². The monoisotopic (exact) mass is 339 g/mol. The van der Waals surface area contributed by atoms with Gasteiger partial charge < -0.3 is 9.84 Å². The van der Waals surface area contributed by atoms with Crippen molar-refractivity contribution in [3.63, 3.8) is 0 Å². The van der Waals surface area contributed by atoms with Gasteiger partial charge >= 0.3 is 0 Å². The van der Waals surface area contributed by atoms with E-state index in [2.05, 4.69) is 4.72 Å². The van der Waals surface area contributed by atoms with E-state index in [1.807, 2.05) is 0 Å². The van der Waals surface area contributed by atoms with Gasteiger partial charge in [-0.05, 0) is 30.9 Å². The zero-order valence-electron chi connectivity index (χ0n) is 10.6. The van der Waals surface area contributed by atoms with Crippen molar-refractivity contribution in [3.8, 4) is 5.75 Å². The summed E-state index contributed by atoms with van der Waals surface area (Å²) in [6, 6.07) is 2.45. The van der Waals surface area contributed by atoms with Gasteiger partial charge in [-0.15, -0.1) is 0 Å². The minimum absolute atomic E-state index is 0.0983. The topological polar surface area (TPSA) is 75.6 Å². The van der Waals surface area contributed by atoms with E-state index >= 15 is 0 Å². The molecule has 1 aliphatic rings. The summed E-state index contributed by atoms with van der Waals surface area (Å²) in [5.41, 5.74) is 0. The average molecular weight is 340 g/mol. The van der Waals surface area contributed by atoms with E-state index in [1.54, 1.807) is 0 Å². The summed E-state index contributed by atoms with van der Waals surface area (Å²) in [6.07, 6.45) is 1.82. The zero-order chi connectivity index (χ0) is 14.8. The number of halogens is 2. The second-order valence-corrected chi connectivity index (χ2v) is 7.25. The normalized spacial score (nSPS) is 20.0. The van der Waals surface area contributed by atoms with Gasteiger partial charge in [0.05, 0.1) is 11.6 Å². The van der Waals surface area contributed by atoms with Gasteiger partial charge in [-0.25, -0.2) is 13.1 Å². The van der Waals surface area contributed by atoms with Crippen LogP contribution in [0.4, 0.5) is 0 Å². The molecule has 0 radical (unpaired) electrons. The van der Waals surface area contributed by atoms with E-state index < -0.39 is 15.8 Å². The fourth-order valence-corrected chi connectivity index (χ4v) is 3.89. The molecule has 5 nitrogen and oxygen atoms in total. The molecular weight excluding hydrogens is 325 g/mol. The lowest BCUT2D eigenvalue weighted by molar-refractivity contribution is 0.0568. The third kappa shape index (κ3) is 3.77. The van der Waals surface area contributed by atoms with Gasteiger partial charge in [0, 0.05) is 18.2 Å². The Kier molecular flexibility index (Phi) is 5.14. The fourth-order valence-electron chi connectivity index (χ4n) is 2.02. The van der Waals surface area contributed by atoms with Gasteiger partial charge in [0.2, 0.25) is 10.0 Å². The SMILES string of the molecule is O=S(=O)(NCC1CCCOC1)c1cc(Cl)cc(Cl)c1O. The van der Waals surface area contributed by atoms with Crippen LogP contribution < -0.4 is 4.72 Å². The first-order valence-electron chi connectivity index (χ1n) is 6.15. The number of rotatable bonds is 4. The first-order valence-corrected chi connectivity index (χ1v) is 8.39. The lowest BCUT2D eigenvalue weighted by atomic mass is 10.0. The highest BCUT2D eigenvalue weighted by Crippen LogP contribution is 2.34. The maximum atomic E-state index is 12.2. The number of hydrogen-bond acceptors (Lipinski definition) is 4. The molecule has 1 saturated heterocycles. The van der Waals surface area contributed by atoms with Crippen LogP contribution in [0.5, 0.6) is 5.75 Å². The highest BCUT2D eigenvalue weighted by atomic mass is 35.5. The van der Waals surface area contributed by atoms with Crippen molar-refractivity contribution in [2.75, 3.05) is 19.8 Å². The van der Waals surface area contributed by atoms with Crippen molar-refractivity contribution >= 4 is 33.2 Å². The number of aromatic hydroxyl groups is 1. The van der Waals surface area contributed by atoms with Crippen LogP contribution >= 0.6 is 23.2 Å². The van der Waals surface area contributed by atoms with Crippen molar-refractivity contribution in [3.05, 3.63) is 22.2 Å². The van der Waals surface area contributed by atoms with E-state index in [4.69, 9.17) is 27.9 Å². The molecular formula is C12H15Cl2NO4S. The van der Waals surface area contributed by atoms with Gasteiger partial charge in [0.15, 0.2) is 5.75 Å². The summed E-state index contributed by atoms with van der Waals surface area (Å²) >= 11 is 11.5. The first kappa shape index (κ1) is 15.9. The Bertz CT molecular complexity index is 585. The Morgan fingerprint density at radius 2 is 2.15 bits per heavy atom. The zero-order valence-corrected chi connectivity index (χ0v) is 12.9. The van der Waals surface area contributed by atoms with E-state index in [9.17, 15) is 13.5 Å². The summed E-state index contributed by atoms with van der Waals surface area (Å²) in [5, 5.41) is 9.81. The second kappa shape index (κ2) is 6.49. The van der Waals surface area contributed by atoms with Crippen LogP contribution in [0.2, 0.25) is 10.0 Å². The molecule has 1 aliphatic heterocycles. The predicted octanol–water partition coefficient (Wildman–Crippen LogP) is 2.40. The molecule has 2 N–H and O–H groups in total. The molecule has 1 aromatic rings. The first-order chi connectivity index (χ1) is 9.40. The fraction of sp³-hybridized carbons (Fsp3) is 0.500. The quantitative estimate of drug-likeness (QED) is 0.883. The maximum absolute atomic E-state index is 12.2. The molecule has 1 aromatic carbocycles. The number of hydrogen-bond donors (Lipinski definition) is 2. The molecule has 1 unspecified atom stereocenters. The van der Waals surface area contributed by atoms with Crippen LogP contribution in [-0.2, 0) is 14.8 Å². The molecule has 0 bridgehead atoms. The molecule has 8 heteroatoms. The highest BCUT2D eigenvalue weighted by molar-refractivity contribution is 7.89. The van der Waals surface area contributed by atoms with Gasteiger partial charge in [-0.3, -0.25) is 0 Å². The van der Waals surface area contributed by atoms with E-state index in [0.717, 1.165) is 12.8 Å². The van der Waals surface area contributed by atoms with Gasteiger partial charge in [-0.2, -0.15) is 0 Å². The number of nitrogens with one attached hydrogen (secondary N) is 1. The molecule has 112 valence electrons. The molecule has 0 spiro atoms. The largest absolute Gasteiger partial charge is 0.505 e. The van der Waals surface area contributed by atoms with Crippen molar-refractivity contribution in [2.45, 2.75) is 17.7 Å². The van der Waals surface area contributed by atoms with Crippen LogP contribution in [0, 0.1) is 5.92 Å². The molecule has 0 saturated carbocycles. The predicted molar refractivity (Wildman–Crippen MR) is 76.9 cm³/mol. The molecule has 0 amide bonds. The summed E-state index contributed by atoms with van der Waals surface area (Å²) in [7, 11) is -3.86. The van der Waals surface area contributed by atoms with Crippen LogP contribution in [0.3, 0.4) is 0 Å². The van der Waals surface area contributed by atoms with E-state index in [1.165, 1.54) is 12.1 Å². The van der Waals surface area contributed by atoms with Crippen molar-refractivity contribution in [2.24, 2.45) is 5.92 Å². The molecule has 1 heterocycles. The van der Waals surface area contributed by atoms with Crippen LogP contribution in [0.15, 0.2) is 17.0 Å². The number of sulfonamides is 1. The molecule has 20 heavy (non-hydrogen) atoms. The Balaban J connectivity index is 2.14. The minimum atomic E-state index is -3.86. The van der Waals surface area contributed by atoms with Crippen LogP contribution in [-0.4, -0.2) is 33.3 Å².